The molecule has 99 heavy (non-hydrogen) atoms. The fraction of sp³-hybridized carbons (Fsp3) is 0.765. The normalized spacial score (nSPS) is 34.8. The van der Waals surface area contributed by atoms with E-state index in [0.29, 0.717) is 133 Å². The van der Waals surface area contributed by atoms with E-state index < -0.39 is 144 Å². The van der Waals surface area contributed by atoms with Crippen LogP contribution in [0, 0.1) is 29.6 Å². The van der Waals surface area contributed by atoms with Crippen molar-refractivity contribution in [3.8, 4) is 0 Å². The number of aliphatic hydroxyl groups is 1. The molecule has 16 atom stereocenters. The second-order valence-electron chi connectivity index (χ2n) is 29.0. The van der Waals surface area contributed by atoms with Crippen LogP contribution < -0.4 is 80.6 Å². The van der Waals surface area contributed by atoms with Crippen molar-refractivity contribution in [2.45, 2.75) is 237 Å². The molecule has 3 saturated heterocycles. The maximum absolute atomic E-state index is 15.3. The number of rotatable bonds is 15. The Hall–Kier alpha value is -5.80. The van der Waals surface area contributed by atoms with Crippen molar-refractivity contribution in [1.82, 2.24) is 69.1 Å². The number of halogens is 2. The molecule has 1 spiro atoms. The van der Waals surface area contributed by atoms with E-state index in [-0.39, 0.29) is 99.6 Å². The van der Waals surface area contributed by atoms with Crippen molar-refractivity contribution >= 4 is 82.7 Å². The van der Waals surface area contributed by atoms with Gasteiger partial charge in [-0.05, 0) is 189 Å². The van der Waals surface area contributed by atoms with Gasteiger partial charge in [0.2, 0.25) is 53.2 Å². The summed E-state index contributed by atoms with van der Waals surface area (Å²) < 4.78 is 30.4. The average molecular weight is 1430 g/mol. The molecule has 27 nitrogen and oxygen atoms in total. The summed E-state index contributed by atoms with van der Waals surface area (Å²) in [5, 5.41) is 60.0. The number of primary amides is 1. The van der Waals surface area contributed by atoms with Gasteiger partial charge in [0.1, 0.15) is 48.6 Å². The second-order valence-corrected chi connectivity index (χ2v) is 31.2. The summed E-state index contributed by atoms with van der Waals surface area (Å²) in [6.07, 6.45) is 3.78. The molecule has 9 rings (SSSR count). The Kier molecular flexibility index (Phi) is 29.6. The quantitative estimate of drug-likeness (QED) is 0.101. The van der Waals surface area contributed by atoms with E-state index in [9.17, 15) is 43.8 Å². The van der Waals surface area contributed by atoms with Crippen LogP contribution in [0.1, 0.15) is 152 Å². The third-order valence-corrected chi connectivity index (χ3v) is 23.8. The number of carboxylic acid groups (broad SMARTS) is 1. The molecule has 4 heterocycles. The second kappa shape index (κ2) is 37.9. The predicted molar refractivity (Wildman–Crippen MR) is 370 cm³/mol. The van der Waals surface area contributed by atoms with E-state index >= 15 is 23.2 Å². The summed E-state index contributed by atoms with van der Waals surface area (Å²) in [5.74, 6) is -7.54. The number of fused-ring (bicyclic) bond motifs is 4. The van der Waals surface area contributed by atoms with Crippen molar-refractivity contribution in [2.24, 2.45) is 41.1 Å². The molecule has 8 aliphatic rings. The van der Waals surface area contributed by atoms with Gasteiger partial charge >= 0.3 is 5.97 Å². The monoisotopic (exact) mass is 1430 g/mol. The summed E-state index contributed by atoms with van der Waals surface area (Å²) in [4.78, 5) is 143. The SMILES string of the molecule is NCCCC[C@@H]1NC(=O)CCSCc2cccc(c2)CSC[C@@H](C(N)=O)NCC2(CCC2)NC(=O)[C@H](CC2CCC(O)CC2)NC(=O)[C@H](CC2CNCN2)NC(=O)[C@H](CC(=O)O)NC(=O)[C@H](CC2CNC3CCC(F)CC23)NC(=O)[C@H](CC2CNC3CCC(F)CC23)NC(=O)CNC1=O. The Balaban J connectivity index is 1.01. The highest BCUT2D eigenvalue weighted by Crippen LogP contribution is 2.40. The fourth-order valence-electron chi connectivity index (χ4n) is 15.9. The van der Waals surface area contributed by atoms with Crippen molar-refractivity contribution in [3.63, 3.8) is 0 Å². The molecule has 31 heteroatoms. The van der Waals surface area contributed by atoms with Crippen LogP contribution in [0.5, 0.6) is 0 Å². The molecule has 9 unspecified atom stereocenters. The topological polar surface area (TPSA) is 420 Å². The molecular weight excluding hydrogens is 1320 g/mol. The number of nitrogens with two attached hydrogens (primary N) is 2. The summed E-state index contributed by atoms with van der Waals surface area (Å²) in [5.41, 5.74) is 13.0. The zero-order chi connectivity index (χ0) is 70.6. The van der Waals surface area contributed by atoms with Crippen LogP contribution in [-0.2, 0) is 59.5 Å². The predicted octanol–water partition coefficient (Wildman–Crippen LogP) is -0.249. The number of aliphatic carboxylic acids is 1. The van der Waals surface area contributed by atoms with E-state index in [4.69, 9.17) is 11.5 Å². The Morgan fingerprint density at radius 2 is 1.19 bits per heavy atom. The van der Waals surface area contributed by atoms with E-state index in [1.807, 2.05) is 18.2 Å². The first-order valence-corrected chi connectivity index (χ1v) is 38.4. The zero-order valence-corrected chi connectivity index (χ0v) is 58.4. The van der Waals surface area contributed by atoms with Crippen LogP contribution >= 0.6 is 23.5 Å². The molecule has 9 amide bonds. The van der Waals surface area contributed by atoms with Gasteiger partial charge < -0.3 is 90.8 Å². The van der Waals surface area contributed by atoms with Crippen LogP contribution in [0.25, 0.3) is 0 Å². The summed E-state index contributed by atoms with van der Waals surface area (Å²) in [6, 6.07) is -1.77. The maximum atomic E-state index is 15.3. The van der Waals surface area contributed by atoms with Gasteiger partial charge in [-0.1, -0.05) is 24.3 Å². The van der Waals surface area contributed by atoms with E-state index in [1.165, 1.54) is 23.5 Å². The smallest absolute Gasteiger partial charge is 0.305 e. The number of nitrogens with one attached hydrogen (secondary N) is 13. The Bertz CT molecular complexity index is 2930. The highest BCUT2D eigenvalue weighted by atomic mass is 32.2. The van der Waals surface area contributed by atoms with Gasteiger partial charge in [0.25, 0.3) is 0 Å². The standard InChI is InChI=1S/C68H107F2N15O12S2/c69-43-10-14-49-47(25-43)41(29-74-49)23-53-63(93)82-54(24-42-30-75-50-15-11-44(70)26-48(42)50)64(94)84-56(28-60(89)90)66(96)83-55(27-45-31-73-37-78-45)65(95)81-52(22-38-8-12-46(86)13-9-38)67(97)85-68(17-4-18-68)36-77-57(61(72)91)35-99-34-40-6-3-5-39(21-40)33-98-20-16-58(87)79-51(7-1-2-19-71)62(92)76-32-59(88)80-53/h3,5-6,21,38,41-57,73-75,77-78,86H,1-2,4,7-20,22-37,71H2,(H2,72,91)(H,76,92)(H,79,87)(H,80,88)(H,81,95)(H,82,93)(H,83,96)(H,84,94)(H,85,97)(H,89,90)/t38?,41?,42?,43?,44?,45?,46?,47?,48?,49?,50?,51-,52-,53-,54-,55-,56-,57-/m0/s1. The molecule has 19 N–H and O–H groups in total. The average Bonchev–Trinajstić information content (AvgIpc) is 1.81. The van der Waals surface area contributed by atoms with Crippen LogP contribution in [0.4, 0.5) is 8.78 Å². The molecule has 0 aromatic heterocycles. The molecule has 552 valence electrons. The lowest BCUT2D eigenvalue weighted by atomic mass is 9.76. The van der Waals surface area contributed by atoms with Crippen molar-refractivity contribution < 1.29 is 66.9 Å². The summed E-state index contributed by atoms with van der Waals surface area (Å²) in [6.45, 7) is 1.35. The number of carbonyl (C=O) groups is 10. The molecule has 7 fully saturated rings. The number of amides is 9. The van der Waals surface area contributed by atoms with E-state index in [0.717, 1.165) is 17.5 Å². The van der Waals surface area contributed by atoms with Gasteiger partial charge in [0, 0.05) is 67.3 Å². The third-order valence-electron chi connectivity index (χ3n) is 21.7. The van der Waals surface area contributed by atoms with Crippen molar-refractivity contribution in [2.75, 3.05) is 57.4 Å². The van der Waals surface area contributed by atoms with E-state index in [1.54, 1.807) is 0 Å². The molecular formula is C68H107F2N15O12S2. The number of unbranched alkanes of at least 4 members (excludes halogenated alkanes) is 1. The number of benzene rings is 1. The molecule has 2 bridgehead atoms. The lowest BCUT2D eigenvalue weighted by Crippen LogP contribution is -2.65. The van der Waals surface area contributed by atoms with Crippen LogP contribution in [-0.4, -0.2) is 211 Å². The lowest BCUT2D eigenvalue weighted by molar-refractivity contribution is -0.142. The zero-order valence-electron chi connectivity index (χ0n) is 56.7. The molecule has 4 saturated carbocycles. The minimum atomic E-state index is -1.86. The van der Waals surface area contributed by atoms with E-state index in [2.05, 4.69) is 75.2 Å². The highest BCUT2D eigenvalue weighted by molar-refractivity contribution is 7.98. The van der Waals surface area contributed by atoms with Gasteiger partial charge in [-0.25, -0.2) is 8.78 Å². The molecule has 1 aromatic rings. The van der Waals surface area contributed by atoms with Crippen molar-refractivity contribution in [3.05, 3.63) is 35.4 Å². The highest BCUT2D eigenvalue weighted by Gasteiger charge is 2.47. The summed E-state index contributed by atoms with van der Waals surface area (Å²) in [7, 11) is 0. The first kappa shape index (κ1) is 77.4. The van der Waals surface area contributed by atoms with Gasteiger partial charge in [0.05, 0.1) is 30.7 Å². The largest absolute Gasteiger partial charge is 0.481 e. The number of aliphatic hydroxyl groups excluding tert-OH is 1. The molecule has 0 radical (unpaired) electrons. The minimum Gasteiger partial charge on any atom is -0.481 e. The summed E-state index contributed by atoms with van der Waals surface area (Å²) >= 11 is 3.04. The maximum Gasteiger partial charge on any atom is 0.305 e. The van der Waals surface area contributed by atoms with Gasteiger partial charge in [-0.15, -0.1) is 0 Å². The van der Waals surface area contributed by atoms with Crippen LogP contribution in [0.3, 0.4) is 0 Å². The van der Waals surface area contributed by atoms with Crippen molar-refractivity contribution in [1.29, 1.82) is 0 Å². The first-order valence-electron chi connectivity index (χ1n) is 36.0. The Morgan fingerprint density at radius 3 is 1.77 bits per heavy atom. The first-order chi connectivity index (χ1) is 47.6. The number of hydrogen-bond acceptors (Lipinski definition) is 19. The van der Waals surface area contributed by atoms with Gasteiger partial charge in [-0.2, -0.15) is 23.5 Å². The Morgan fingerprint density at radius 1 is 0.616 bits per heavy atom. The number of carboxylic acids is 1. The van der Waals surface area contributed by atoms with Crippen LogP contribution in [0.2, 0.25) is 0 Å². The fourth-order valence-corrected chi connectivity index (χ4v) is 17.8. The van der Waals surface area contributed by atoms with Gasteiger partial charge in [0.15, 0.2) is 0 Å². The Labute approximate surface area is 587 Å². The minimum absolute atomic E-state index is 0.0269. The van der Waals surface area contributed by atoms with Gasteiger partial charge in [-0.3, -0.25) is 47.9 Å². The van der Waals surface area contributed by atoms with Crippen LogP contribution in [0.15, 0.2) is 24.3 Å². The number of alkyl halides is 2. The third kappa shape index (κ3) is 23.4. The molecule has 4 aliphatic heterocycles. The molecule has 4 aliphatic carbocycles. The number of carbonyl (C=O) groups excluding carboxylic acids is 9. The molecule has 1 aromatic carbocycles. The number of thioether (sulfide) groups is 2. The lowest BCUT2D eigenvalue weighted by Gasteiger charge is -2.44. The number of hydrogen-bond donors (Lipinski definition) is 17.